The molecule has 0 fully saturated rings. The van der Waals surface area contributed by atoms with Crippen molar-refractivity contribution >= 4 is 11.8 Å². The third-order valence-electron chi connectivity index (χ3n) is 4.21. The lowest BCUT2D eigenvalue weighted by atomic mass is 10.0. The molecule has 1 N–H and O–H groups in total. The van der Waals surface area contributed by atoms with Gasteiger partial charge in [0.25, 0.3) is 0 Å². The molecule has 4 nitrogen and oxygen atoms in total. The van der Waals surface area contributed by atoms with Gasteiger partial charge in [-0.25, -0.2) is 0 Å². The van der Waals surface area contributed by atoms with Gasteiger partial charge < -0.3 is 10.2 Å². The Morgan fingerprint density at radius 1 is 1.04 bits per heavy atom. The second kappa shape index (κ2) is 8.29. The van der Waals surface area contributed by atoms with E-state index in [0.717, 1.165) is 16.7 Å². The van der Waals surface area contributed by atoms with Crippen LogP contribution in [0.1, 0.15) is 23.6 Å². The van der Waals surface area contributed by atoms with Gasteiger partial charge in [0.2, 0.25) is 11.8 Å². The van der Waals surface area contributed by atoms with Gasteiger partial charge in [-0.1, -0.05) is 54.6 Å². The smallest absolute Gasteiger partial charge is 0.242 e. The lowest BCUT2D eigenvalue weighted by Gasteiger charge is -2.28. The van der Waals surface area contributed by atoms with E-state index in [4.69, 9.17) is 0 Å². The van der Waals surface area contributed by atoms with Crippen molar-refractivity contribution in [2.75, 3.05) is 7.05 Å². The summed E-state index contributed by atoms with van der Waals surface area (Å²) in [6, 6.07) is 17.0. The molecule has 0 saturated heterocycles. The minimum Gasteiger partial charge on any atom is -0.357 e. The summed E-state index contributed by atoms with van der Waals surface area (Å²) in [5.74, 6) is -0.215. The summed E-state index contributed by atoms with van der Waals surface area (Å²) >= 11 is 0. The van der Waals surface area contributed by atoms with E-state index in [1.165, 1.54) is 0 Å². The van der Waals surface area contributed by atoms with Crippen molar-refractivity contribution in [2.45, 2.75) is 32.9 Å². The molecule has 0 aromatic heterocycles. The Bertz CT molecular complexity index is 698. The first-order chi connectivity index (χ1) is 11.5. The average Bonchev–Trinajstić information content (AvgIpc) is 2.61. The number of rotatable bonds is 6. The number of likely N-dealkylation sites (N-methyl/N-ethyl adjacent to an activating group) is 1. The molecule has 4 heteroatoms. The summed E-state index contributed by atoms with van der Waals surface area (Å²) < 4.78 is 0. The molecule has 0 bridgehead atoms. The van der Waals surface area contributed by atoms with Gasteiger partial charge in [0, 0.05) is 13.6 Å². The zero-order valence-corrected chi connectivity index (χ0v) is 14.5. The Kier molecular flexibility index (Phi) is 6.13. The van der Waals surface area contributed by atoms with Crippen LogP contribution in [0.2, 0.25) is 0 Å². The second-order valence-electron chi connectivity index (χ2n) is 5.90. The Balaban J connectivity index is 2.22. The van der Waals surface area contributed by atoms with Gasteiger partial charge in [0.1, 0.15) is 6.04 Å². The highest BCUT2D eigenvalue weighted by atomic mass is 16.2. The van der Waals surface area contributed by atoms with Crippen molar-refractivity contribution in [3.63, 3.8) is 0 Å². The first-order valence-corrected chi connectivity index (χ1v) is 8.12. The highest BCUT2D eigenvalue weighted by molar-refractivity contribution is 5.88. The molecule has 126 valence electrons. The molecule has 2 rings (SSSR count). The molecule has 2 aromatic rings. The first-order valence-electron chi connectivity index (χ1n) is 8.12. The van der Waals surface area contributed by atoms with Crippen LogP contribution in [0.3, 0.4) is 0 Å². The zero-order valence-electron chi connectivity index (χ0n) is 14.5. The van der Waals surface area contributed by atoms with Crippen molar-refractivity contribution in [1.82, 2.24) is 10.2 Å². The van der Waals surface area contributed by atoms with Crippen LogP contribution in [-0.2, 0) is 22.6 Å². The molecule has 0 saturated carbocycles. The van der Waals surface area contributed by atoms with E-state index >= 15 is 0 Å². The molecule has 0 aliphatic heterocycles. The maximum Gasteiger partial charge on any atom is 0.242 e. The van der Waals surface area contributed by atoms with Gasteiger partial charge in [-0.15, -0.1) is 0 Å². The van der Waals surface area contributed by atoms with Gasteiger partial charge in [-0.05, 0) is 30.5 Å². The fourth-order valence-corrected chi connectivity index (χ4v) is 2.64. The molecule has 0 spiro atoms. The molecular formula is C20H24N2O2. The molecule has 0 aliphatic carbocycles. The second-order valence-corrected chi connectivity index (χ2v) is 5.90. The summed E-state index contributed by atoms with van der Waals surface area (Å²) in [4.78, 5) is 26.6. The van der Waals surface area contributed by atoms with E-state index in [-0.39, 0.29) is 11.8 Å². The summed E-state index contributed by atoms with van der Waals surface area (Å²) in [5.41, 5.74) is 3.08. The number of carbonyl (C=O) groups excluding carboxylic acids is 2. The topological polar surface area (TPSA) is 49.4 Å². The standard InChI is InChI=1S/C20H24N2O2/c1-15-9-7-8-12-18(15)13-19(23)22(16(2)20(24)21-3)14-17-10-5-4-6-11-17/h4-12,16H,13-14H2,1-3H3,(H,21,24). The zero-order chi connectivity index (χ0) is 17.5. The van der Waals surface area contributed by atoms with Gasteiger partial charge in [0.05, 0.1) is 6.42 Å². The molecule has 2 amide bonds. The van der Waals surface area contributed by atoms with Crippen molar-refractivity contribution in [1.29, 1.82) is 0 Å². The van der Waals surface area contributed by atoms with E-state index in [9.17, 15) is 9.59 Å². The van der Waals surface area contributed by atoms with E-state index in [2.05, 4.69) is 5.32 Å². The highest BCUT2D eigenvalue weighted by Gasteiger charge is 2.25. The molecule has 0 heterocycles. The molecule has 2 aromatic carbocycles. The molecule has 0 aliphatic rings. The minimum absolute atomic E-state index is 0.0516. The van der Waals surface area contributed by atoms with Crippen LogP contribution in [0.5, 0.6) is 0 Å². The third-order valence-corrected chi connectivity index (χ3v) is 4.21. The third kappa shape index (κ3) is 4.44. The van der Waals surface area contributed by atoms with Gasteiger partial charge >= 0.3 is 0 Å². The number of hydrogen-bond donors (Lipinski definition) is 1. The quantitative estimate of drug-likeness (QED) is 0.888. The fraction of sp³-hybridized carbons (Fsp3) is 0.300. The molecular weight excluding hydrogens is 300 g/mol. The van der Waals surface area contributed by atoms with Crippen LogP contribution in [0.25, 0.3) is 0 Å². The number of hydrogen-bond acceptors (Lipinski definition) is 2. The Morgan fingerprint density at radius 2 is 1.67 bits per heavy atom. The SMILES string of the molecule is CNC(=O)C(C)N(Cc1ccccc1)C(=O)Cc1ccccc1C. The van der Waals surface area contributed by atoms with E-state index in [0.29, 0.717) is 13.0 Å². The van der Waals surface area contributed by atoms with Crippen molar-refractivity contribution in [3.8, 4) is 0 Å². The van der Waals surface area contributed by atoms with E-state index in [1.54, 1.807) is 18.9 Å². The molecule has 0 radical (unpaired) electrons. The predicted octanol–water partition coefficient (Wildman–Crippen LogP) is 2.70. The van der Waals surface area contributed by atoms with Crippen LogP contribution in [0.4, 0.5) is 0 Å². The maximum absolute atomic E-state index is 12.9. The highest BCUT2D eigenvalue weighted by Crippen LogP contribution is 2.14. The normalized spacial score (nSPS) is 11.6. The summed E-state index contributed by atoms with van der Waals surface area (Å²) in [6.45, 7) is 4.17. The van der Waals surface area contributed by atoms with E-state index < -0.39 is 6.04 Å². The summed E-state index contributed by atoms with van der Waals surface area (Å²) in [5, 5.41) is 2.63. The van der Waals surface area contributed by atoms with Crippen LogP contribution in [-0.4, -0.2) is 29.8 Å². The van der Waals surface area contributed by atoms with Gasteiger partial charge in [-0.3, -0.25) is 9.59 Å². The largest absolute Gasteiger partial charge is 0.357 e. The average molecular weight is 324 g/mol. The predicted molar refractivity (Wildman–Crippen MR) is 95.4 cm³/mol. The lowest BCUT2D eigenvalue weighted by Crippen LogP contribution is -2.47. The van der Waals surface area contributed by atoms with Crippen LogP contribution in [0, 0.1) is 6.92 Å². The Labute approximate surface area is 143 Å². The summed E-state index contributed by atoms with van der Waals surface area (Å²) in [6.07, 6.45) is 0.293. The van der Waals surface area contributed by atoms with Crippen molar-refractivity contribution < 1.29 is 9.59 Å². The van der Waals surface area contributed by atoms with Crippen molar-refractivity contribution in [3.05, 3.63) is 71.3 Å². The van der Waals surface area contributed by atoms with Crippen LogP contribution < -0.4 is 5.32 Å². The van der Waals surface area contributed by atoms with Crippen LogP contribution in [0.15, 0.2) is 54.6 Å². The number of nitrogens with zero attached hydrogens (tertiary/aromatic N) is 1. The first kappa shape index (κ1) is 17.7. The van der Waals surface area contributed by atoms with Crippen LogP contribution >= 0.6 is 0 Å². The Morgan fingerprint density at radius 3 is 2.29 bits per heavy atom. The number of amides is 2. The summed E-state index contributed by atoms with van der Waals surface area (Å²) in [7, 11) is 1.59. The maximum atomic E-state index is 12.9. The number of nitrogens with one attached hydrogen (secondary N) is 1. The number of aryl methyl sites for hydroxylation is 1. The van der Waals surface area contributed by atoms with Gasteiger partial charge in [0.15, 0.2) is 0 Å². The lowest BCUT2D eigenvalue weighted by molar-refractivity contribution is -0.139. The molecule has 1 unspecified atom stereocenters. The minimum atomic E-state index is -0.522. The van der Waals surface area contributed by atoms with E-state index in [1.807, 2.05) is 61.5 Å². The molecule has 1 atom stereocenters. The molecule has 24 heavy (non-hydrogen) atoms. The number of benzene rings is 2. The van der Waals surface area contributed by atoms with Crippen molar-refractivity contribution in [2.24, 2.45) is 0 Å². The number of carbonyl (C=O) groups is 2. The fourth-order valence-electron chi connectivity index (χ4n) is 2.64. The Hall–Kier alpha value is -2.62. The van der Waals surface area contributed by atoms with Gasteiger partial charge in [-0.2, -0.15) is 0 Å². The monoisotopic (exact) mass is 324 g/mol.